The maximum atomic E-state index is 10.4. The van der Waals surface area contributed by atoms with Crippen LogP contribution < -0.4 is 11.3 Å². The Morgan fingerprint density at radius 3 is 1.25 bits per heavy atom. The van der Waals surface area contributed by atoms with E-state index in [9.17, 15) is 3.89 Å². The van der Waals surface area contributed by atoms with E-state index in [4.69, 9.17) is 8.42 Å². The number of hydrogen-bond acceptors (Lipinski definition) is 3. The molecule has 0 saturated carbocycles. The molecule has 0 aromatic heterocycles. The minimum atomic E-state index is -4.67. The van der Waals surface area contributed by atoms with Gasteiger partial charge in [-0.25, -0.2) is 5.14 Å². The summed E-state index contributed by atoms with van der Waals surface area (Å²) >= 11 is 0. The van der Waals surface area contributed by atoms with Crippen LogP contribution in [-0.4, -0.2) is 8.42 Å². The summed E-state index contributed by atoms with van der Waals surface area (Å²) in [5, 5.41) is 3.66. The first-order chi connectivity index (χ1) is 2.00. The first-order valence-corrected chi connectivity index (χ1v) is 2.17. The fourth-order valence-corrected chi connectivity index (χ4v) is 0. The zero-order valence-electron chi connectivity index (χ0n) is 2.89. The van der Waals surface area contributed by atoms with Crippen LogP contribution >= 0.6 is 0 Å². The summed E-state index contributed by atoms with van der Waals surface area (Å²) in [6.07, 6.45) is 0. The molecule has 0 radical (unpaired) electrons. The molecule has 0 saturated heterocycles. The van der Waals surface area contributed by atoms with Gasteiger partial charge in [0.25, 0.3) is 0 Å². The lowest BCUT2D eigenvalue weighted by Gasteiger charge is -1.64. The fraction of sp³-hybridized carbons (Fsp3) is 1.00. The van der Waals surface area contributed by atoms with Gasteiger partial charge in [-0.05, 0) is 0 Å². The first kappa shape index (κ1) is 25.0. The van der Waals surface area contributed by atoms with Crippen molar-refractivity contribution in [2.75, 3.05) is 0 Å². The highest BCUT2D eigenvalue weighted by Crippen LogP contribution is 1.67. The summed E-state index contributed by atoms with van der Waals surface area (Å²) in [4.78, 5) is 0. The van der Waals surface area contributed by atoms with Gasteiger partial charge in [0.05, 0.1) is 0 Å². The molecule has 0 fully saturated rings. The Labute approximate surface area is 49.8 Å². The highest BCUT2D eigenvalue weighted by atomic mass is 32.3. The van der Waals surface area contributed by atoms with Crippen LogP contribution in [0.2, 0.25) is 0 Å². The molecule has 0 heterocycles. The molecule has 0 aromatic rings. The normalized spacial score (nSPS) is 7.25. The minimum absolute atomic E-state index is 0. The maximum Gasteiger partial charge on any atom is 0.369 e. The first-order valence-electron chi connectivity index (χ1n) is 0.723. The number of nitrogens with two attached hydrogens (primary N) is 1. The van der Waals surface area contributed by atoms with E-state index in [0.717, 1.165) is 0 Å². The molecule has 0 rings (SSSR count). The van der Waals surface area contributed by atoms with Crippen molar-refractivity contribution in [1.29, 1.82) is 0 Å². The molecule has 0 bridgehead atoms. The highest BCUT2D eigenvalue weighted by Gasteiger charge is 1.86. The quantitative estimate of drug-likeness (QED) is 0.492. The maximum absolute atomic E-state index is 10.4. The van der Waals surface area contributed by atoms with E-state index in [2.05, 4.69) is 5.14 Å². The predicted molar refractivity (Wildman–Crippen MR) is 32.7 cm³/mol. The van der Waals surface area contributed by atoms with E-state index in [0.29, 0.717) is 0 Å². The molecule has 0 aliphatic carbocycles. The van der Waals surface area contributed by atoms with E-state index < -0.39 is 10.4 Å². The van der Waals surface area contributed by atoms with E-state index in [1.807, 2.05) is 0 Å². The highest BCUT2D eigenvalue weighted by molar-refractivity contribution is 7.83. The van der Waals surface area contributed by atoms with E-state index >= 15 is 0 Å². The topological polar surface area (TPSA) is 95.2 Å². The average molecular weight is 148 g/mol. The van der Waals surface area contributed by atoms with E-state index in [1.165, 1.54) is 0 Å². The predicted octanol–water partition coefficient (Wildman–Crippen LogP) is 0.594. The van der Waals surface area contributed by atoms with Crippen molar-refractivity contribution in [3.8, 4) is 0 Å². The third-order valence-electron chi connectivity index (χ3n) is 0. The summed E-state index contributed by atoms with van der Waals surface area (Å²) in [5.74, 6) is 0. The van der Waals surface area contributed by atoms with Gasteiger partial charge in [-0.2, -0.15) is 8.42 Å². The molecule has 6 heteroatoms. The molecule has 0 aliphatic rings. The second kappa shape index (κ2) is 6.80. The van der Waals surface area contributed by atoms with Crippen LogP contribution in [0.4, 0.5) is 3.89 Å². The van der Waals surface area contributed by atoms with Gasteiger partial charge in [0.15, 0.2) is 0 Å². The average Bonchev–Trinajstić information content (AvgIpc) is 0.722. The largest absolute Gasteiger partial charge is 0.369 e. The molecule has 0 aliphatic heterocycles. The van der Waals surface area contributed by atoms with E-state index in [1.54, 1.807) is 0 Å². The van der Waals surface area contributed by atoms with Crippen LogP contribution in [-0.2, 0) is 10.4 Å². The molecular formula is C2H13FN2O2S. The smallest absolute Gasteiger partial charge is 0.344 e. The Bertz CT molecular complexity index is 101. The Hall–Kier alpha value is -0.200. The van der Waals surface area contributed by atoms with Crippen molar-refractivity contribution in [2.24, 2.45) is 5.14 Å². The molecule has 5 N–H and O–H groups in total. The third-order valence-corrected chi connectivity index (χ3v) is 0. The van der Waals surface area contributed by atoms with Crippen LogP contribution in [0.3, 0.4) is 0 Å². The van der Waals surface area contributed by atoms with Crippen molar-refractivity contribution < 1.29 is 12.3 Å². The Morgan fingerprint density at radius 1 is 1.25 bits per heavy atom. The lowest BCUT2D eigenvalue weighted by Crippen LogP contribution is -2.01. The van der Waals surface area contributed by atoms with Gasteiger partial charge in [0, 0.05) is 0 Å². The minimum Gasteiger partial charge on any atom is -0.344 e. The van der Waals surface area contributed by atoms with Crippen LogP contribution in [0.15, 0.2) is 0 Å². The van der Waals surface area contributed by atoms with Crippen molar-refractivity contribution in [3.63, 3.8) is 0 Å². The van der Waals surface area contributed by atoms with Crippen LogP contribution in [0.25, 0.3) is 0 Å². The second-order valence-electron chi connectivity index (χ2n) is 0.476. The SMILES string of the molecule is C.C.N.NS(=O)(=O)F. The van der Waals surface area contributed by atoms with Crippen LogP contribution in [0.1, 0.15) is 14.9 Å². The second-order valence-corrected chi connectivity index (χ2v) is 1.43. The van der Waals surface area contributed by atoms with Gasteiger partial charge in [0.2, 0.25) is 0 Å². The monoisotopic (exact) mass is 148 g/mol. The fourth-order valence-electron chi connectivity index (χ4n) is 0. The van der Waals surface area contributed by atoms with Gasteiger partial charge in [-0.15, -0.1) is 0 Å². The Kier molecular flexibility index (Phi) is 21.2. The summed E-state index contributed by atoms with van der Waals surface area (Å²) in [7, 11) is -4.67. The lowest BCUT2D eigenvalue weighted by molar-refractivity contribution is 0.554. The Morgan fingerprint density at radius 2 is 1.25 bits per heavy atom. The molecular weight excluding hydrogens is 135 g/mol. The number of hydrogen-bond donors (Lipinski definition) is 2. The molecule has 0 amide bonds. The summed E-state index contributed by atoms with van der Waals surface area (Å²) in [6, 6.07) is 0. The van der Waals surface area contributed by atoms with Crippen molar-refractivity contribution in [3.05, 3.63) is 0 Å². The zero-order valence-corrected chi connectivity index (χ0v) is 3.70. The molecule has 0 atom stereocenters. The molecule has 0 spiro atoms. The zero-order chi connectivity index (χ0) is 4.50. The van der Waals surface area contributed by atoms with Gasteiger partial charge in [0.1, 0.15) is 0 Å². The van der Waals surface area contributed by atoms with Gasteiger partial charge < -0.3 is 6.15 Å². The third kappa shape index (κ3) is 3340. The van der Waals surface area contributed by atoms with Crippen molar-refractivity contribution >= 4 is 10.4 Å². The summed E-state index contributed by atoms with van der Waals surface area (Å²) in [6.45, 7) is 0. The molecule has 0 aromatic carbocycles. The van der Waals surface area contributed by atoms with Crippen LogP contribution in [0.5, 0.6) is 0 Å². The van der Waals surface area contributed by atoms with Gasteiger partial charge in [-0.1, -0.05) is 18.7 Å². The van der Waals surface area contributed by atoms with Crippen molar-refractivity contribution in [2.45, 2.75) is 14.9 Å². The standard InChI is InChI=1S/2CH4.FH2NO2S.H3N/c;;1-5(2,3)4;/h2*1H4;(H2,2,3,4);1H3. The molecule has 56 valence electrons. The molecule has 0 unspecified atom stereocenters. The number of halogens is 1. The molecule has 8 heavy (non-hydrogen) atoms. The van der Waals surface area contributed by atoms with Crippen molar-refractivity contribution in [1.82, 2.24) is 6.15 Å². The summed E-state index contributed by atoms with van der Waals surface area (Å²) in [5.41, 5.74) is 0. The van der Waals surface area contributed by atoms with Gasteiger partial charge in [-0.3, -0.25) is 0 Å². The summed E-state index contributed by atoms with van der Waals surface area (Å²) < 4.78 is 27.9. The lowest BCUT2D eigenvalue weighted by atomic mass is 12.0. The van der Waals surface area contributed by atoms with Gasteiger partial charge >= 0.3 is 10.4 Å². The Balaban J connectivity index is -0.0000000267. The number of rotatable bonds is 0. The van der Waals surface area contributed by atoms with E-state index in [-0.39, 0.29) is 21.0 Å². The van der Waals surface area contributed by atoms with Crippen LogP contribution in [0, 0.1) is 0 Å². The molecule has 4 nitrogen and oxygen atoms in total.